The molecule has 146 valence electrons. The highest BCUT2D eigenvalue weighted by Gasteiger charge is 2.19. The summed E-state index contributed by atoms with van der Waals surface area (Å²) < 4.78 is 7.76. The number of aromatic carboxylic acids is 1. The van der Waals surface area contributed by atoms with E-state index >= 15 is 0 Å². The standard InChI is InChI=1S/C21H19N5O3/c1-12-8-17-15(11-23-12)10-19(20(22)25-17)29-13(2)16-9-14(21(27)28)4-5-18(16)26-7-3-6-24-26/h3-11,13H,1-2H3,(H2,22,25)(H,27,28). The molecule has 8 heteroatoms. The molecule has 4 rings (SSSR count). The second kappa shape index (κ2) is 7.23. The van der Waals surface area contributed by atoms with Gasteiger partial charge in [0.05, 0.1) is 16.8 Å². The van der Waals surface area contributed by atoms with Gasteiger partial charge in [-0.2, -0.15) is 5.10 Å². The maximum Gasteiger partial charge on any atom is 0.335 e. The molecule has 29 heavy (non-hydrogen) atoms. The molecule has 0 amide bonds. The third-order valence-corrected chi connectivity index (χ3v) is 4.60. The van der Waals surface area contributed by atoms with Crippen molar-refractivity contribution in [1.82, 2.24) is 19.7 Å². The minimum atomic E-state index is -1.02. The normalized spacial score (nSPS) is 12.1. The Morgan fingerprint density at radius 1 is 1.28 bits per heavy atom. The van der Waals surface area contributed by atoms with Gasteiger partial charge in [0.15, 0.2) is 11.6 Å². The molecule has 1 unspecified atom stereocenters. The van der Waals surface area contributed by atoms with E-state index in [-0.39, 0.29) is 11.4 Å². The van der Waals surface area contributed by atoms with Gasteiger partial charge in [-0.05, 0) is 50.2 Å². The number of anilines is 1. The number of hydrogen-bond donors (Lipinski definition) is 2. The van der Waals surface area contributed by atoms with Crippen molar-refractivity contribution in [3.8, 4) is 11.4 Å². The van der Waals surface area contributed by atoms with Crippen LogP contribution in [0.5, 0.6) is 5.75 Å². The number of carboxylic acid groups (broad SMARTS) is 1. The summed E-state index contributed by atoms with van der Waals surface area (Å²) in [7, 11) is 0. The van der Waals surface area contributed by atoms with Gasteiger partial charge >= 0.3 is 5.97 Å². The Bertz CT molecular complexity index is 1200. The maximum atomic E-state index is 11.5. The Morgan fingerprint density at radius 2 is 2.10 bits per heavy atom. The van der Waals surface area contributed by atoms with Crippen molar-refractivity contribution in [3.63, 3.8) is 0 Å². The molecule has 8 nitrogen and oxygen atoms in total. The number of ether oxygens (including phenoxy) is 1. The van der Waals surface area contributed by atoms with Crippen LogP contribution in [-0.2, 0) is 0 Å². The number of pyridine rings is 2. The van der Waals surface area contributed by atoms with E-state index in [9.17, 15) is 9.90 Å². The summed E-state index contributed by atoms with van der Waals surface area (Å²) in [5.74, 6) is -0.355. The summed E-state index contributed by atoms with van der Waals surface area (Å²) in [4.78, 5) is 20.1. The molecule has 4 aromatic rings. The molecule has 0 bridgehead atoms. The topological polar surface area (TPSA) is 116 Å². The first-order chi connectivity index (χ1) is 13.9. The van der Waals surface area contributed by atoms with Gasteiger partial charge in [-0.1, -0.05) is 0 Å². The highest BCUT2D eigenvalue weighted by atomic mass is 16.5. The Balaban J connectivity index is 1.74. The number of aromatic nitrogens is 4. The number of hydrogen-bond acceptors (Lipinski definition) is 6. The highest BCUT2D eigenvalue weighted by Crippen LogP contribution is 2.32. The summed E-state index contributed by atoms with van der Waals surface area (Å²) >= 11 is 0. The van der Waals surface area contributed by atoms with Crippen molar-refractivity contribution >= 4 is 22.7 Å². The van der Waals surface area contributed by atoms with Gasteiger partial charge < -0.3 is 15.6 Å². The zero-order valence-corrected chi connectivity index (χ0v) is 15.9. The molecule has 0 saturated heterocycles. The molecule has 0 aliphatic carbocycles. The van der Waals surface area contributed by atoms with E-state index in [0.29, 0.717) is 11.3 Å². The molecule has 3 N–H and O–H groups in total. The van der Waals surface area contributed by atoms with Crippen LogP contribution in [0, 0.1) is 6.92 Å². The Kier molecular flexibility index (Phi) is 4.59. The maximum absolute atomic E-state index is 11.5. The average molecular weight is 389 g/mol. The predicted octanol–water partition coefficient (Wildman–Crippen LogP) is 3.54. The van der Waals surface area contributed by atoms with E-state index in [1.54, 1.807) is 47.5 Å². The lowest BCUT2D eigenvalue weighted by atomic mass is 10.0. The van der Waals surface area contributed by atoms with Crippen molar-refractivity contribution in [1.29, 1.82) is 0 Å². The Hall–Kier alpha value is -3.94. The molecule has 1 atom stereocenters. The first-order valence-electron chi connectivity index (χ1n) is 8.99. The number of aryl methyl sites for hydroxylation is 1. The van der Waals surface area contributed by atoms with Gasteiger partial charge in [-0.15, -0.1) is 0 Å². The minimum absolute atomic E-state index is 0.163. The first kappa shape index (κ1) is 18.4. The lowest BCUT2D eigenvalue weighted by molar-refractivity contribution is 0.0696. The number of nitrogens with zero attached hydrogens (tertiary/aromatic N) is 4. The average Bonchev–Trinajstić information content (AvgIpc) is 3.22. The minimum Gasteiger partial charge on any atom is -0.482 e. The fourth-order valence-electron chi connectivity index (χ4n) is 3.15. The lowest BCUT2D eigenvalue weighted by Crippen LogP contribution is -2.12. The molecule has 0 aliphatic heterocycles. The second-order valence-electron chi connectivity index (χ2n) is 6.68. The van der Waals surface area contributed by atoms with Gasteiger partial charge in [0.2, 0.25) is 0 Å². The summed E-state index contributed by atoms with van der Waals surface area (Å²) in [6.07, 6.45) is 4.65. The second-order valence-corrected chi connectivity index (χ2v) is 6.68. The van der Waals surface area contributed by atoms with E-state index in [1.807, 2.05) is 19.9 Å². The SMILES string of the molecule is Cc1cc2nc(N)c(OC(C)c3cc(C(=O)O)ccc3-n3cccn3)cc2cn1. The lowest BCUT2D eigenvalue weighted by Gasteiger charge is -2.20. The van der Waals surface area contributed by atoms with Crippen LogP contribution in [0.4, 0.5) is 5.82 Å². The summed E-state index contributed by atoms with van der Waals surface area (Å²) in [5.41, 5.74) is 9.23. The smallest absolute Gasteiger partial charge is 0.335 e. The summed E-state index contributed by atoms with van der Waals surface area (Å²) in [6.45, 7) is 3.71. The first-order valence-corrected chi connectivity index (χ1v) is 8.99. The van der Waals surface area contributed by atoms with Crippen LogP contribution >= 0.6 is 0 Å². The van der Waals surface area contributed by atoms with E-state index in [2.05, 4.69) is 15.1 Å². The van der Waals surface area contributed by atoms with Crippen molar-refractivity contribution in [3.05, 3.63) is 71.8 Å². The Labute approximate surface area is 166 Å². The van der Waals surface area contributed by atoms with Crippen LogP contribution in [-0.4, -0.2) is 30.8 Å². The predicted molar refractivity (Wildman–Crippen MR) is 108 cm³/mol. The van der Waals surface area contributed by atoms with Gasteiger partial charge in [0.25, 0.3) is 0 Å². The van der Waals surface area contributed by atoms with Crippen LogP contribution in [0.15, 0.2) is 55.0 Å². The van der Waals surface area contributed by atoms with Gasteiger partial charge in [-0.3, -0.25) is 4.98 Å². The van der Waals surface area contributed by atoms with E-state index in [4.69, 9.17) is 10.5 Å². The highest BCUT2D eigenvalue weighted by molar-refractivity contribution is 5.88. The molecule has 0 saturated carbocycles. The number of nitrogen functional groups attached to an aromatic ring is 1. The van der Waals surface area contributed by atoms with E-state index in [0.717, 1.165) is 22.3 Å². The molecule has 0 fully saturated rings. The van der Waals surface area contributed by atoms with Crippen molar-refractivity contribution < 1.29 is 14.6 Å². The van der Waals surface area contributed by atoms with Crippen molar-refractivity contribution in [2.75, 3.05) is 5.73 Å². The molecule has 3 heterocycles. The van der Waals surface area contributed by atoms with Crippen molar-refractivity contribution in [2.45, 2.75) is 20.0 Å². The van der Waals surface area contributed by atoms with Gasteiger partial charge in [0, 0.05) is 35.2 Å². The molecule has 0 spiro atoms. The third kappa shape index (κ3) is 3.60. The van der Waals surface area contributed by atoms with Crippen LogP contribution in [0.3, 0.4) is 0 Å². The number of carbonyl (C=O) groups is 1. The van der Waals surface area contributed by atoms with Crippen LogP contribution in [0.25, 0.3) is 16.6 Å². The number of carboxylic acids is 1. The quantitative estimate of drug-likeness (QED) is 0.536. The fourth-order valence-corrected chi connectivity index (χ4v) is 3.15. The van der Waals surface area contributed by atoms with Crippen LogP contribution in [0.2, 0.25) is 0 Å². The monoisotopic (exact) mass is 389 g/mol. The number of nitrogens with two attached hydrogens (primary N) is 1. The largest absolute Gasteiger partial charge is 0.482 e. The van der Waals surface area contributed by atoms with E-state index in [1.165, 1.54) is 6.07 Å². The number of rotatable bonds is 5. The summed E-state index contributed by atoms with van der Waals surface area (Å²) in [6, 6.07) is 10.3. The molecule has 3 aromatic heterocycles. The fraction of sp³-hybridized carbons (Fsp3) is 0.143. The molecule has 0 radical (unpaired) electrons. The number of fused-ring (bicyclic) bond motifs is 1. The van der Waals surface area contributed by atoms with Gasteiger partial charge in [-0.25, -0.2) is 14.5 Å². The van der Waals surface area contributed by atoms with Crippen LogP contribution < -0.4 is 10.5 Å². The van der Waals surface area contributed by atoms with E-state index < -0.39 is 12.1 Å². The molecule has 0 aliphatic rings. The summed E-state index contributed by atoms with van der Waals surface area (Å²) in [5, 5.41) is 14.4. The van der Waals surface area contributed by atoms with Crippen LogP contribution in [0.1, 0.15) is 34.6 Å². The number of benzene rings is 1. The molecular weight excluding hydrogens is 370 g/mol. The zero-order valence-electron chi connectivity index (χ0n) is 15.9. The zero-order chi connectivity index (χ0) is 20.5. The van der Waals surface area contributed by atoms with Gasteiger partial charge in [0.1, 0.15) is 6.10 Å². The van der Waals surface area contributed by atoms with Crippen molar-refractivity contribution in [2.24, 2.45) is 0 Å². The molecule has 1 aromatic carbocycles. The third-order valence-electron chi connectivity index (χ3n) is 4.60. The Morgan fingerprint density at radius 3 is 2.83 bits per heavy atom. The molecular formula is C21H19N5O3.